The van der Waals surface area contributed by atoms with Crippen molar-refractivity contribution < 1.29 is 13.7 Å². The fraction of sp³-hybridized carbons (Fsp3) is 0.412. The van der Waals surface area contributed by atoms with E-state index in [0.29, 0.717) is 5.75 Å². The predicted octanol–water partition coefficient (Wildman–Crippen LogP) is 3.43. The molecular formula is C17H23NO3S. The molecule has 0 saturated carbocycles. The van der Waals surface area contributed by atoms with Crippen LogP contribution < -0.4 is 9.04 Å². The minimum Gasteiger partial charge on any atom is -0.500 e. The van der Waals surface area contributed by atoms with Crippen molar-refractivity contribution >= 4 is 16.7 Å². The largest absolute Gasteiger partial charge is 0.500 e. The predicted molar refractivity (Wildman–Crippen MR) is 91.4 cm³/mol. The monoisotopic (exact) mass is 321 g/mol. The number of methoxy groups -OCH3 is 2. The summed E-state index contributed by atoms with van der Waals surface area (Å²) in [7, 11) is 3.82. The first-order chi connectivity index (χ1) is 10.5. The van der Waals surface area contributed by atoms with E-state index in [1.165, 1.54) is 11.1 Å². The first-order valence-electron chi connectivity index (χ1n) is 7.19. The third kappa shape index (κ3) is 3.19. The van der Waals surface area contributed by atoms with Gasteiger partial charge in [-0.05, 0) is 44.1 Å². The van der Waals surface area contributed by atoms with Crippen LogP contribution in [0.5, 0.6) is 5.75 Å². The van der Waals surface area contributed by atoms with Crippen molar-refractivity contribution in [3.63, 3.8) is 0 Å². The molecule has 0 spiro atoms. The summed E-state index contributed by atoms with van der Waals surface area (Å²) in [5.74, 6) is 1.48. The number of ether oxygens (including phenoxy) is 2. The van der Waals surface area contributed by atoms with Gasteiger partial charge in [0, 0.05) is 7.05 Å². The minimum atomic E-state index is -1.25. The zero-order chi connectivity index (χ0) is 16.3. The average molecular weight is 321 g/mol. The summed E-state index contributed by atoms with van der Waals surface area (Å²) in [5.41, 5.74) is 3.24. The number of para-hydroxylation sites is 2. The van der Waals surface area contributed by atoms with Gasteiger partial charge in [0.15, 0.2) is 0 Å². The van der Waals surface area contributed by atoms with Gasteiger partial charge in [-0.2, -0.15) is 0 Å². The van der Waals surface area contributed by atoms with Crippen molar-refractivity contribution in [2.75, 3.05) is 25.6 Å². The van der Waals surface area contributed by atoms with Crippen LogP contribution in [0.4, 0.5) is 5.69 Å². The van der Waals surface area contributed by atoms with Crippen molar-refractivity contribution in [3.8, 4) is 5.75 Å². The second kappa shape index (κ2) is 7.01. The molecule has 0 aliphatic heterocycles. The molecule has 4 nitrogen and oxygen atoms in total. The third-order valence-corrected chi connectivity index (χ3v) is 5.64. The Bertz CT molecular complexity index is 637. The molecule has 1 aliphatic rings. The van der Waals surface area contributed by atoms with E-state index in [1.807, 2.05) is 37.4 Å². The molecule has 2 atom stereocenters. The summed E-state index contributed by atoms with van der Waals surface area (Å²) >= 11 is 0. The Balaban J connectivity index is 2.30. The number of allylic oxidation sites excluding steroid dienone is 3. The number of hydrogen-bond acceptors (Lipinski definition) is 3. The van der Waals surface area contributed by atoms with Crippen LogP contribution in [0.1, 0.15) is 20.3 Å². The van der Waals surface area contributed by atoms with Crippen LogP contribution in [0.2, 0.25) is 0 Å². The normalized spacial score (nSPS) is 19.5. The maximum Gasteiger partial charge on any atom is 0.143 e. The zero-order valence-electron chi connectivity index (χ0n) is 13.8. The number of nitrogens with zero attached hydrogens (tertiary/aromatic N) is 1. The summed E-state index contributed by atoms with van der Waals surface area (Å²) in [6, 6.07) is 7.58. The molecule has 0 amide bonds. The topological polar surface area (TPSA) is 38.8 Å². The lowest BCUT2D eigenvalue weighted by molar-refractivity contribution is 0.277. The number of benzene rings is 1. The molecule has 5 heteroatoms. The molecule has 0 heterocycles. The Kier molecular flexibility index (Phi) is 5.29. The maximum absolute atomic E-state index is 13.0. The Morgan fingerprint density at radius 2 is 1.86 bits per heavy atom. The van der Waals surface area contributed by atoms with E-state index in [1.54, 1.807) is 18.5 Å². The molecule has 120 valence electrons. The van der Waals surface area contributed by atoms with Crippen molar-refractivity contribution in [1.29, 1.82) is 0 Å². The summed E-state index contributed by atoms with van der Waals surface area (Å²) in [6.07, 6.45) is 2.72. The lowest BCUT2D eigenvalue weighted by Crippen LogP contribution is -2.33. The van der Waals surface area contributed by atoms with Crippen LogP contribution in [0.3, 0.4) is 0 Å². The maximum atomic E-state index is 13.0. The quantitative estimate of drug-likeness (QED) is 0.834. The zero-order valence-corrected chi connectivity index (χ0v) is 14.6. The van der Waals surface area contributed by atoms with Gasteiger partial charge in [0.25, 0.3) is 0 Å². The molecule has 0 saturated heterocycles. The van der Waals surface area contributed by atoms with E-state index in [9.17, 15) is 4.21 Å². The molecule has 0 radical (unpaired) electrons. The van der Waals surface area contributed by atoms with Gasteiger partial charge in [0.2, 0.25) is 0 Å². The fourth-order valence-corrected chi connectivity index (χ4v) is 3.99. The van der Waals surface area contributed by atoms with Crippen LogP contribution in [0, 0.1) is 0 Å². The van der Waals surface area contributed by atoms with Gasteiger partial charge >= 0.3 is 0 Å². The Labute approximate surface area is 135 Å². The Hall–Kier alpha value is -1.75. The van der Waals surface area contributed by atoms with Gasteiger partial charge in [0.1, 0.15) is 27.7 Å². The first kappa shape index (κ1) is 16.6. The summed E-state index contributed by atoms with van der Waals surface area (Å²) in [5, 5.41) is -0.177. The van der Waals surface area contributed by atoms with E-state index in [4.69, 9.17) is 9.47 Å². The van der Waals surface area contributed by atoms with Crippen LogP contribution in [0.15, 0.2) is 47.2 Å². The van der Waals surface area contributed by atoms with Crippen LogP contribution in [-0.4, -0.2) is 30.7 Å². The molecule has 0 N–H and O–H groups in total. The standard InChI is InChI=1S/C17H23NO3S/c1-12-10-16(21-5)17(11-13(12)2)22(19)18(3)14-8-6-7-9-15(14)20-4/h6-10,17H,11H2,1-5H3. The number of anilines is 1. The highest BCUT2D eigenvalue weighted by atomic mass is 32.2. The lowest BCUT2D eigenvalue weighted by atomic mass is 9.98. The first-order valence-corrected chi connectivity index (χ1v) is 8.36. The van der Waals surface area contributed by atoms with Crippen molar-refractivity contribution in [3.05, 3.63) is 47.2 Å². The highest BCUT2D eigenvalue weighted by molar-refractivity contribution is 7.87. The van der Waals surface area contributed by atoms with Gasteiger partial charge in [-0.1, -0.05) is 17.7 Å². The molecule has 2 unspecified atom stereocenters. The van der Waals surface area contributed by atoms with Crippen LogP contribution >= 0.6 is 0 Å². The Morgan fingerprint density at radius 1 is 1.18 bits per heavy atom. The molecule has 1 aliphatic carbocycles. The fourth-order valence-electron chi connectivity index (χ4n) is 2.51. The van der Waals surface area contributed by atoms with E-state index in [-0.39, 0.29) is 5.25 Å². The molecule has 22 heavy (non-hydrogen) atoms. The van der Waals surface area contributed by atoms with E-state index in [0.717, 1.165) is 17.9 Å². The highest BCUT2D eigenvalue weighted by Crippen LogP contribution is 2.33. The summed E-state index contributed by atoms with van der Waals surface area (Å²) in [4.78, 5) is 0. The third-order valence-electron chi connectivity index (χ3n) is 4.01. The molecule has 1 aromatic carbocycles. The molecule has 0 fully saturated rings. The van der Waals surface area contributed by atoms with Gasteiger partial charge in [0.05, 0.1) is 19.9 Å². The molecule has 1 aromatic rings. The van der Waals surface area contributed by atoms with E-state index in [2.05, 4.69) is 13.8 Å². The molecule has 0 aromatic heterocycles. The van der Waals surface area contributed by atoms with E-state index >= 15 is 0 Å². The van der Waals surface area contributed by atoms with Gasteiger partial charge in [-0.25, -0.2) is 4.21 Å². The minimum absolute atomic E-state index is 0.177. The SMILES string of the molecule is COC1=CC(C)=C(C)CC1S(=O)N(C)c1ccccc1OC. The number of hydrogen-bond donors (Lipinski definition) is 0. The van der Waals surface area contributed by atoms with Crippen molar-refractivity contribution in [1.82, 2.24) is 0 Å². The number of rotatable bonds is 5. The summed E-state index contributed by atoms with van der Waals surface area (Å²) in [6.45, 7) is 4.13. The van der Waals surface area contributed by atoms with Crippen LogP contribution in [0.25, 0.3) is 0 Å². The second-order valence-corrected chi connectivity index (χ2v) is 7.02. The van der Waals surface area contributed by atoms with Crippen molar-refractivity contribution in [2.24, 2.45) is 0 Å². The Morgan fingerprint density at radius 3 is 2.50 bits per heavy atom. The molecular weight excluding hydrogens is 298 g/mol. The van der Waals surface area contributed by atoms with E-state index < -0.39 is 11.0 Å². The smallest absolute Gasteiger partial charge is 0.143 e. The lowest BCUT2D eigenvalue weighted by Gasteiger charge is -2.29. The van der Waals surface area contributed by atoms with Crippen molar-refractivity contribution in [2.45, 2.75) is 25.5 Å². The molecule has 0 bridgehead atoms. The van der Waals surface area contributed by atoms with Gasteiger partial charge in [-0.15, -0.1) is 0 Å². The average Bonchev–Trinajstić information content (AvgIpc) is 2.55. The van der Waals surface area contributed by atoms with Crippen LogP contribution in [-0.2, 0) is 15.7 Å². The highest BCUT2D eigenvalue weighted by Gasteiger charge is 2.30. The summed E-state index contributed by atoms with van der Waals surface area (Å²) < 4.78 is 25.6. The van der Waals surface area contributed by atoms with Gasteiger partial charge in [-0.3, -0.25) is 4.31 Å². The second-order valence-electron chi connectivity index (χ2n) is 5.35. The van der Waals surface area contributed by atoms with Gasteiger partial charge < -0.3 is 9.47 Å². The molecule has 2 rings (SSSR count).